The predicted octanol–water partition coefficient (Wildman–Crippen LogP) is 2.71. The van der Waals surface area contributed by atoms with Crippen molar-refractivity contribution in [3.63, 3.8) is 0 Å². The molecule has 6 heteroatoms. The molecule has 0 aliphatic heterocycles. The number of pyridine rings is 2. The van der Waals surface area contributed by atoms with E-state index in [1.54, 1.807) is 0 Å². The van der Waals surface area contributed by atoms with Crippen LogP contribution in [0.4, 0.5) is 0 Å². The number of benzene rings is 1. The highest BCUT2D eigenvalue weighted by molar-refractivity contribution is 6.00. The lowest BCUT2D eigenvalue weighted by Crippen LogP contribution is -2.09. The van der Waals surface area contributed by atoms with Crippen molar-refractivity contribution in [2.45, 2.75) is 0 Å². The van der Waals surface area contributed by atoms with Crippen LogP contribution >= 0.6 is 0 Å². The van der Waals surface area contributed by atoms with E-state index >= 15 is 0 Å². The second-order valence-electron chi connectivity index (χ2n) is 4.21. The first-order chi connectivity index (χ1) is 10.6. The van der Waals surface area contributed by atoms with E-state index in [4.69, 9.17) is 10.2 Å². The van der Waals surface area contributed by atoms with Crippen molar-refractivity contribution in [1.82, 2.24) is 9.97 Å². The van der Waals surface area contributed by atoms with Gasteiger partial charge in [-0.3, -0.25) is 4.98 Å². The lowest BCUT2D eigenvalue weighted by molar-refractivity contribution is 0.0646. The van der Waals surface area contributed by atoms with E-state index < -0.39 is 17.6 Å². The largest absolute Gasteiger partial charge is 0.478 e. The maximum Gasteiger partial charge on any atom is 0.355 e. The maximum atomic E-state index is 10.4. The van der Waals surface area contributed by atoms with Crippen molar-refractivity contribution in [3.05, 3.63) is 72.2 Å². The summed E-state index contributed by atoms with van der Waals surface area (Å²) in [6.45, 7) is 0. The topological polar surface area (TPSA) is 100 Å². The molecule has 0 aliphatic carbocycles. The third-order valence-corrected chi connectivity index (χ3v) is 2.75. The third-order valence-electron chi connectivity index (χ3n) is 2.75. The smallest absolute Gasteiger partial charge is 0.355 e. The van der Waals surface area contributed by atoms with Crippen LogP contribution in [0.15, 0.2) is 60.9 Å². The number of rotatable bonds is 2. The van der Waals surface area contributed by atoms with Crippen LogP contribution in [-0.4, -0.2) is 32.1 Å². The Morgan fingerprint density at radius 1 is 0.773 bits per heavy atom. The summed E-state index contributed by atoms with van der Waals surface area (Å²) in [6.07, 6.45) is 3.04. The van der Waals surface area contributed by atoms with Crippen LogP contribution in [0.25, 0.3) is 10.9 Å². The SMILES string of the molecule is O=C(O)c1cccnc1C(=O)O.c1ccc2ncccc2c1. The van der Waals surface area contributed by atoms with Gasteiger partial charge in [0.15, 0.2) is 5.69 Å². The summed E-state index contributed by atoms with van der Waals surface area (Å²) >= 11 is 0. The summed E-state index contributed by atoms with van der Waals surface area (Å²) in [5, 5.41) is 18.2. The number of para-hydroxylation sites is 1. The highest BCUT2D eigenvalue weighted by atomic mass is 16.4. The van der Waals surface area contributed by atoms with E-state index in [1.807, 2.05) is 30.5 Å². The molecule has 0 amide bonds. The minimum absolute atomic E-state index is 0.301. The average molecular weight is 296 g/mol. The van der Waals surface area contributed by atoms with Crippen LogP contribution in [0.2, 0.25) is 0 Å². The summed E-state index contributed by atoms with van der Waals surface area (Å²) < 4.78 is 0. The summed E-state index contributed by atoms with van der Waals surface area (Å²) in [5.41, 5.74) is 0.319. The standard InChI is InChI=1S/C9H7N.C7H5NO4/c1-2-6-9-8(4-1)5-3-7-10-9;9-6(10)4-2-1-3-8-5(4)7(11)12/h1-7H;1-3H,(H,9,10)(H,11,12). The fraction of sp³-hybridized carbons (Fsp3) is 0. The van der Waals surface area contributed by atoms with Crippen molar-refractivity contribution in [2.75, 3.05) is 0 Å². The van der Waals surface area contributed by atoms with E-state index in [0.29, 0.717) is 0 Å². The van der Waals surface area contributed by atoms with Gasteiger partial charge >= 0.3 is 11.9 Å². The number of fused-ring (bicyclic) bond motifs is 1. The molecule has 0 fully saturated rings. The fourth-order valence-electron chi connectivity index (χ4n) is 1.76. The quantitative estimate of drug-likeness (QED) is 0.754. The molecule has 2 aromatic heterocycles. The molecule has 0 radical (unpaired) electrons. The van der Waals surface area contributed by atoms with Crippen molar-refractivity contribution in [3.8, 4) is 0 Å². The van der Waals surface area contributed by atoms with Gasteiger partial charge in [0, 0.05) is 17.8 Å². The van der Waals surface area contributed by atoms with Crippen LogP contribution in [0.1, 0.15) is 20.8 Å². The van der Waals surface area contributed by atoms with E-state index in [2.05, 4.69) is 22.1 Å². The summed E-state index contributed by atoms with van der Waals surface area (Å²) in [5.74, 6) is -2.63. The maximum absolute atomic E-state index is 10.4. The van der Waals surface area contributed by atoms with Crippen molar-refractivity contribution < 1.29 is 19.8 Å². The Morgan fingerprint density at radius 3 is 2.05 bits per heavy atom. The first kappa shape index (κ1) is 15.1. The molecule has 0 saturated carbocycles. The Bertz CT molecular complexity index is 719. The fourth-order valence-corrected chi connectivity index (χ4v) is 1.76. The number of carbonyl (C=O) groups is 2. The number of carboxylic acids is 2. The Morgan fingerprint density at radius 2 is 1.41 bits per heavy atom. The molecule has 3 rings (SSSR count). The van der Waals surface area contributed by atoms with Crippen molar-refractivity contribution in [2.24, 2.45) is 0 Å². The Hall–Kier alpha value is -3.28. The number of aromatic nitrogens is 2. The first-order valence-corrected chi connectivity index (χ1v) is 6.31. The van der Waals surface area contributed by atoms with Gasteiger partial charge in [0.2, 0.25) is 0 Å². The van der Waals surface area contributed by atoms with Crippen LogP contribution in [0.3, 0.4) is 0 Å². The van der Waals surface area contributed by atoms with E-state index in [0.717, 1.165) is 5.52 Å². The van der Waals surface area contributed by atoms with Crippen molar-refractivity contribution >= 4 is 22.8 Å². The predicted molar refractivity (Wildman–Crippen MR) is 79.9 cm³/mol. The second-order valence-corrected chi connectivity index (χ2v) is 4.21. The monoisotopic (exact) mass is 296 g/mol. The molecule has 0 saturated heterocycles. The van der Waals surface area contributed by atoms with E-state index in [1.165, 1.54) is 23.7 Å². The molecule has 2 N–H and O–H groups in total. The molecular formula is C16H12N2O4. The Kier molecular flexibility index (Phi) is 4.77. The number of aromatic carboxylic acids is 2. The lowest BCUT2D eigenvalue weighted by atomic mass is 10.2. The zero-order valence-electron chi connectivity index (χ0n) is 11.4. The Balaban J connectivity index is 0.000000162. The van der Waals surface area contributed by atoms with Gasteiger partial charge in [0.25, 0.3) is 0 Å². The number of carboxylic acid groups (broad SMARTS) is 2. The minimum Gasteiger partial charge on any atom is -0.478 e. The van der Waals surface area contributed by atoms with Crippen LogP contribution in [0.5, 0.6) is 0 Å². The van der Waals surface area contributed by atoms with Gasteiger partial charge in [-0.2, -0.15) is 0 Å². The van der Waals surface area contributed by atoms with E-state index in [-0.39, 0.29) is 5.56 Å². The normalized spacial score (nSPS) is 9.64. The summed E-state index contributed by atoms with van der Waals surface area (Å²) in [7, 11) is 0. The molecule has 6 nitrogen and oxygen atoms in total. The summed E-state index contributed by atoms with van der Waals surface area (Å²) in [6, 6.07) is 14.6. The molecule has 0 aliphatic rings. The van der Waals surface area contributed by atoms with Crippen LogP contribution < -0.4 is 0 Å². The first-order valence-electron chi connectivity index (χ1n) is 6.31. The Labute approximate surface area is 125 Å². The molecule has 0 unspecified atom stereocenters. The summed E-state index contributed by atoms with van der Waals surface area (Å²) in [4.78, 5) is 28.4. The minimum atomic E-state index is -1.34. The molecule has 110 valence electrons. The molecule has 1 aromatic carbocycles. The van der Waals surface area contributed by atoms with E-state index in [9.17, 15) is 9.59 Å². The van der Waals surface area contributed by atoms with Crippen LogP contribution in [0, 0.1) is 0 Å². The average Bonchev–Trinajstić information content (AvgIpc) is 2.55. The van der Waals surface area contributed by atoms with Gasteiger partial charge in [-0.1, -0.05) is 24.3 Å². The number of hydrogen-bond donors (Lipinski definition) is 2. The number of hydrogen-bond acceptors (Lipinski definition) is 4. The lowest BCUT2D eigenvalue weighted by Gasteiger charge is -1.97. The molecule has 3 aromatic rings. The number of nitrogens with zero attached hydrogens (tertiary/aromatic N) is 2. The molecule has 2 heterocycles. The van der Waals surface area contributed by atoms with Crippen LogP contribution in [-0.2, 0) is 0 Å². The second kappa shape index (κ2) is 6.94. The zero-order valence-corrected chi connectivity index (χ0v) is 11.4. The van der Waals surface area contributed by atoms with Crippen molar-refractivity contribution in [1.29, 1.82) is 0 Å². The zero-order chi connectivity index (χ0) is 15.9. The molecule has 0 atom stereocenters. The van der Waals surface area contributed by atoms with Gasteiger partial charge in [-0.05, 0) is 24.3 Å². The third kappa shape index (κ3) is 3.63. The van der Waals surface area contributed by atoms with Gasteiger partial charge in [-0.25, -0.2) is 14.6 Å². The molecule has 0 spiro atoms. The highest BCUT2D eigenvalue weighted by Gasteiger charge is 2.15. The molecule has 22 heavy (non-hydrogen) atoms. The van der Waals surface area contributed by atoms with Gasteiger partial charge in [-0.15, -0.1) is 0 Å². The molecule has 0 bridgehead atoms. The van der Waals surface area contributed by atoms with Gasteiger partial charge in [0.05, 0.1) is 11.1 Å². The highest BCUT2D eigenvalue weighted by Crippen LogP contribution is 2.08. The molecular weight excluding hydrogens is 284 g/mol. The van der Waals surface area contributed by atoms with Gasteiger partial charge < -0.3 is 10.2 Å². The van der Waals surface area contributed by atoms with Gasteiger partial charge in [0.1, 0.15) is 0 Å².